The quantitative estimate of drug-likeness (QED) is 0.683. The van der Waals surface area contributed by atoms with Gasteiger partial charge in [0.05, 0.1) is 11.9 Å². The van der Waals surface area contributed by atoms with Crippen LogP contribution in [0.4, 0.5) is 27.5 Å². The van der Waals surface area contributed by atoms with E-state index in [9.17, 15) is 4.39 Å². The Bertz CT molecular complexity index is 1020. The van der Waals surface area contributed by atoms with Crippen molar-refractivity contribution in [3.8, 4) is 0 Å². The summed E-state index contributed by atoms with van der Waals surface area (Å²) in [4.78, 5) is 11.3. The van der Waals surface area contributed by atoms with Crippen LogP contribution in [0.3, 0.4) is 0 Å². The van der Waals surface area contributed by atoms with Crippen molar-refractivity contribution in [1.29, 1.82) is 0 Å². The minimum absolute atomic E-state index is 0.173. The van der Waals surface area contributed by atoms with Crippen molar-refractivity contribution in [3.63, 3.8) is 0 Å². The van der Waals surface area contributed by atoms with Gasteiger partial charge in [-0.05, 0) is 37.1 Å². The Hall–Kier alpha value is -3.22. The van der Waals surface area contributed by atoms with E-state index in [4.69, 9.17) is 4.98 Å². The molecule has 3 aromatic rings. The fourth-order valence-corrected chi connectivity index (χ4v) is 4.30. The molecule has 1 unspecified atom stereocenters. The van der Waals surface area contributed by atoms with Gasteiger partial charge >= 0.3 is 0 Å². The van der Waals surface area contributed by atoms with Crippen LogP contribution < -0.4 is 14.7 Å². The van der Waals surface area contributed by atoms with Gasteiger partial charge in [0, 0.05) is 37.9 Å². The zero-order valence-electron chi connectivity index (χ0n) is 16.4. The minimum Gasteiger partial charge on any atom is -0.366 e. The van der Waals surface area contributed by atoms with Gasteiger partial charge in [-0.15, -0.1) is 5.10 Å². The normalized spacial score (nSPS) is 18.8. The van der Waals surface area contributed by atoms with Crippen molar-refractivity contribution in [3.05, 3.63) is 66.1 Å². The number of piperazine rings is 1. The first-order valence-corrected chi connectivity index (χ1v) is 10.0. The molecular weight excluding hydrogens is 367 g/mol. The fourth-order valence-electron chi connectivity index (χ4n) is 4.30. The second-order valence-electron chi connectivity index (χ2n) is 7.59. The summed E-state index contributed by atoms with van der Waals surface area (Å²) in [7, 11) is 0. The van der Waals surface area contributed by atoms with Gasteiger partial charge in [0.1, 0.15) is 5.82 Å². The highest BCUT2D eigenvalue weighted by Crippen LogP contribution is 2.36. The second-order valence-corrected chi connectivity index (χ2v) is 7.59. The number of hydrogen-bond acceptors (Lipinski definition) is 6. The number of rotatable bonds is 3. The summed E-state index contributed by atoms with van der Waals surface area (Å²) in [6.07, 6.45) is 2.69. The lowest BCUT2D eigenvalue weighted by Crippen LogP contribution is -2.47. The lowest BCUT2D eigenvalue weighted by atomic mass is 10.1. The Morgan fingerprint density at radius 1 is 0.897 bits per heavy atom. The van der Waals surface area contributed by atoms with E-state index in [0.717, 1.165) is 44.1 Å². The molecule has 0 saturated carbocycles. The van der Waals surface area contributed by atoms with Crippen molar-refractivity contribution in [2.24, 2.45) is 0 Å². The molecule has 2 aliphatic rings. The highest BCUT2D eigenvalue weighted by atomic mass is 19.1. The van der Waals surface area contributed by atoms with E-state index >= 15 is 0 Å². The number of anilines is 4. The summed E-state index contributed by atoms with van der Waals surface area (Å²) < 4.78 is 14.1. The van der Waals surface area contributed by atoms with Crippen LogP contribution in [-0.4, -0.2) is 47.4 Å². The number of benzene rings is 2. The molecule has 1 fully saturated rings. The van der Waals surface area contributed by atoms with E-state index in [1.165, 1.54) is 11.6 Å². The maximum atomic E-state index is 14.1. The lowest BCUT2D eigenvalue weighted by molar-refractivity contribution is 0.595. The molecule has 2 aliphatic heterocycles. The highest BCUT2D eigenvalue weighted by Gasteiger charge is 2.30. The van der Waals surface area contributed by atoms with Crippen LogP contribution in [0.1, 0.15) is 12.5 Å². The molecule has 2 aromatic carbocycles. The number of hydrogen-bond donors (Lipinski definition) is 0. The average molecular weight is 390 g/mol. The number of aromatic nitrogens is 3. The van der Waals surface area contributed by atoms with Gasteiger partial charge in [-0.25, -0.2) is 4.39 Å². The molecule has 3 heterocycles. The molecule has 0 amide bonds. The third-order valence-corrected chi connectivity index (χ3v) is 5.75. The van der Waals surface area contributed by atoms with Crippen LogP contribution in [0.15, 0.2) is 54.7 Å². The summed E-state index contributed by atoms with van der Waals surface area (Å²) in [5.41, 5.74) is 3.13. The molecule has 0 spiro atoms. The predicted octanol–water partition coefficient (Wildman–Crippen LogP) is 3.42. The molecule has 1 saturated heterocycles. The zero-order chi connectivity index (χ0) is 19.8. The third-order valence-electron chi connectivity index (χ3n) is 5.75. The number of nitrogens with zero attached hydrogens (tertiary/aromatic N) is 6. The van der Waals surface area contributed by atoms with Gasteiger partial charge in [-0.3, -0.25) is 0 Å². The third kappa shape index (κ3) is 3.26. The first-order valence-electron chi connectivity index (χ1n) is 10.0. The molecule has 6 nitrogen and oxygen atoms in total. The van der Waals surface area contributed by atoms with Crippen molar-refractivity contribution >= 4 is 23.1 Å². The van der Waals surface area contributed by atoms with Crippen molar-refractivity contribution in [2.45, 2.75) is 19.4 Å². The van der Waals surface area contributed by atoms with Gasteiger partial charge < -0.3 is 14.7 Å². The van der Waals surface area contributed by atoms with Crippen LogP contribution in [-0.2, 0) is 6.42 Å². The molecule has 0 aliphatic carbocycles. The van der Waals surface area contributed by atoms with E-state index in [-0.39, 0.29) is 5.82 Å². The van der Waals surface area contributed by atoms with Crippen molar-refractivity contribution in [1.82, 2.24) is 15.2 Å². The highest BCUT2D eigenvalue weighted by molar-refractivity contribution is 5.67. The number of halogens is 1. The van der Waals surface area contributed by atoms with Gasteiger partial charge in [0.2, 0.25) is 0 Å². The standard InChI is InChI=1S/C22H23FN6/c1-16-14-17-6-2-4-8-19(17)29(16)22-25-21(15-24-26-22)28-12-10-27(11-13-28)20-9-5-3-7-18(20)23/h2-9,15-16H,10-14H2,1H3. The summed E-state index contributed by atoms with van der Waals surface area (Å²) in [5.74, 6) is 1.28. The summed E-state index contributed by atoms with van der Waals surface area (Å²) in [6.45, 7) is 5.19. The number of para-hydroxylation sites is 2. The van der Waals surface area contributed by atoms with E-state index in [1.54, 1.807) is 12.3 Å². The molecule has 0 bridgehead atoms. The first kappa shape index (κ1) is 17.8. The molecule has 7 heteroatoms. The summed E-state index contributed by atoms with van der Waals surface area (Å²) in [6, 6.07) is 15.6. The van der Waals surface area contributed by atoms with Crippen molar-refractivity contribution in [2.75, 3.05) is 40.9 Å². The molecule has 5 rings (SSSR count). The Balaban J connectivity index is 1.35. The SMILES string of the molecule is CC1Cc2ccccc2N1c1nncc(N2CCN(c3ccccc3F)CC2)n1. The van der Waals surface area contributed by atoms with E-state index in [0.29, 0.717) is 17.7 Å². The Labute approximate surface area is 169 Å². The van der Waals surface area contributed by atoms with Crippen LogP contribution in [0.25, 0.3) is 0 Å². The van der Waals surface area contributed by atoms with Crippen LogP contribution in [0, 0.1) is 5.82 Å². The summed E-state index contributed by atoms with van der Waals surface area (Å²) in [5, 5.41) is 8.55. The first-order chi connectivity index (χ1) is 14.2. The second kappa shape index (κ2) is 7.31. The smallest absolute Gasteiger partial charge is 0.252 e. The fraction of sp³-hybridized carbons (Fsp3) is 0.318. The molecule has 0 radical (unpaired) electrons. The van der Waals surface area contributed by atoms with Gasteiger partial charge in [0.15, 0.2) is 5.82 Å². The van der Waals surface area contributed by atoms with Gasteiger partial charge in [-0.1, -0.05) is 30.3 Å². The maximum absolute atomic E-state index is 14.1. The predicted molar refractivity (Wildman–Crippen MR) is 112 cm³/mol. The van der Waals surface area contributed by atoms with Crippen LogP contribution >= 0.6 is 0 Å². The van der Waals surface area contributed by atoms with Gasteiger partial charge in [-0.2, -0.15) is 10.1 Å². The molecule has 148 valence electrons. The minimum atomic E-state index is -0.173. The lowest BCUT2D eigenvalue weighted by Gasteiger charge is -2.36. The van der Waals surface area contributed by atoms with E-state index < -0.39 is 0 Å². The molecule has 1 atom stereocenters. The monoisotopic (exact) mass is 390 g/mol. The largest absolute Gasteiger partial charge is 0.366 e. The maximum Gasteiger partial charge on any atom is 0.252 e. The summed E-state index contributed by atoms with van der Waals surface area (Å²) >= 11 is 0. The zero-order valence-corrected chi connectivity index (χ0v) is 16.4. The molecular formula is C22H23FN6. The van der Waals surface area contributed by atoms with Crippen molar-refractivity contribution < 1.29 is 4.39 Å². The van der Waals surface area contributed by atoms with E-state index in [2.05, 4.69) is 50.0 Å². The van der Waals surface area contributed by atoms with Crippen LogP contribution in [0.5, 0.6) is 0 Å². The Morgan fingerprint density at radius 3 is 2.38 bits per heavy atom. The molecule has 29 heavy (non-hydrogen) atoms. The Kier molecular flexibility index (Phi) is 4.50. The van der Waals surface area contributed by atoms with E-state index in [1.807, 2.05) is 18.2 Å². The average Bonchev–Trinajstić information content (AvgIpc) is 3.10. The Morgan fingerprint density at radius 2 is 1.59 bits per heavy atom. The van der Waals surface area contributed by atoms with Gasteiger partial charge in [0.25, 0.3) is 5.95 Å². The molecule has 1 aromatic heterocycles. The topological polar surface area (TPSA) is 48.4 Å². The molecule has 0 N–H and O–H groups in total. The number of fused-ring (bicyclic) bond motifs is 1. The van der Waals surface area contributed by atoms with Crippen LogP contribution in [0.2, 0.25) is 0 Å².